The summed E-state index contributed by atoms with van der Waals surface area (Å²) in [6.07, 6.45) is 14.1. The molecule has 0 N–H and O–H groups in total. The Morgan fingerprint density at radius 1 is 1.27 bits per heavy atom. The second kappa shape index (κ2) is 3.50. The van der Waals surface area contributed by atoms with E-state index in [1.54, 1.807) is 0 Å². The molecule has 0 spiro atoms. The van der Waals surface area contributed by atoms with E-state index >= 15 is 0 Å². The maximum atomic E-state index is 4.19. The van der Waals surface area contributed by atoms with Crippen LogP contribution in [0.25, 0.3) is 5.57 Å². The molecular weight excluding hydrogens is 182 g/mol. The highest BCUT2D eigenvalue weighted by atomic mass is 14.6. The first-order chi connectivity index (χ1) is 7.45. The molecule has 74 valence electrons. The second-order valence-corrected chi connectivity index (χ2v) is 4.01. The smallest absolute Gasteiger partial charge is 0.0346 e. The molecule has 0 fully saturated rings. The van der Waals surface area contributed by atoms with Crippen LogP contribution in [0.2, 0.25) is 0 Å². The molecule has 1 aromatic rings. The zero-order valence-corrected chi connectivity index (χ0v) is 8.61. The van der Waals surface area contributed by atoms with E-state index in [1.807, 2.05) is 18.5 Å². The van der Waals surface area contributed by atoms with Gasteiger partial charge in [-0.25, -0.2) is 0 Å². The van der Waals surface area contributed by atoms with Crippen molar-refractivity contribution in [3.05, 3.63) is 59.5 Å². The van der Waals surface area contributed by atoms with Crippen molar-refractivity contribution in [2.45, 2.75) is 19.3 Å². The number of allylic oxidation sites excluding steroid dienone is 6. The van der Waals surface area contributed by atoms with Crippen molar-refractivity contribution in [1.82, 2.24) is 4.98 Å². The Labute approximate surface area is 89.9 Å². The monoisotopic (exact) mass is 195 g/mol. The van der Waals surface area contributed by atoms with Gasteiger partial charge < -0.3 is 0 Å². The van der Waals surface area contributed by atoms with E-state index in [1.165, 1.54) is 35.1 Å². The first-order valence-electron chi connectivity index (χ1n) is 5.44. The molecule has 0 unspecified atom stereocenters. The molecule has 0 bridgehead atoms. The maximum Gasteiger partial charge on any atom is 0.0346 e. The van der Waals surface area contributed by atoms with Gasteiger partial charge in [0, 0.05) is 12.4 Å². The van der Waals surface area contributed by atoms with Crippen LogP contribution in [-0.2, 0) is 0 Å². The lowest BCUT2D eigenvalue weighted by molar-refractivity contribution is 0.976. The SMILES string of the molecule is C1=CC2=C(CC1)C(c1cccnc1)=CC2. The maximum absolute atomic E-state index is 4.19. The van der Waals surface area contributed by atoms with E-state index in [-0.39, 0.29) is 0 Å². The van der Waals surface area contributed by atoms with Gasteiger partial charge in [0.05, 0.1) is 0 Å². The van der Waals surface area contributed by atoms with Gasteiger partial charge in [-0.1, -0.05) is 24.3 Å². The molecular formula is C14H13N. The molecule has 0 amide bonds. The molecule has 0 radical (unpaired) electrons. The topological polar surface area (TPSA) is 12.9 Å². The zero-order valence-electron chi connectivity index (χ0n) is 8.61. The summed E-state index contributed by atoms with van der Waals surface area (Å²) in [5.41, 5.74) is 5.70. The predicted octanol–water partition coefficient (Wildman–Crippen LogP) is 3.52. The summed E-state index contributed by atoms with van der Waals surface area (Å²) in [5.74, 6) is 0. The standard InChI is InChI=1S/C14H13N/c1-2-6-13-11(4-1)7-8-14(13)12-5-3-9-15-10-12/h1,3-5,8-10H,2,6-7H2. The number of hydrogen-bond donors (Lipinski definition) is 0. The van der Waals surface area contributed by atoms with E-state index in [4.69, 9.17) is 0 Å². The minimum Gasteiger partial charge on any atom is -0.264 e. The summed E-state index contributed by atoms with van der Waals surface area (Å²) >= 11 is 0. The lowest BCUT2D eigenvalue weighted by atomic mass is 9.93. The summed E-state index contributed by atoms with van der Waals surface area (Å²) in [7, 11) is 0. The molecule has 0 aromatic carbocycles. The Bertz CT molecular complexity index is 463. The molecule has 3 rings (SSSR count). The number of nitrogens with zero attached hydrogens (tertiary/aromatic N) is 1. The van der Waals surface area contributed by atoms with Gasteiger partial charge in [0.25, 0.3) is 0 Å². The third kappa shape index (κ3) is 1.44. The molecule has 2 aliphatic rings. The molecule has 2 aliphatic carbocycles. The Balaban J connectivity index is 2.02. The fourth-order valence-electron chi connectivity index (χ4n) is 2.36. The van der Waals surface area contributed by atoms with Gasteiger partial charge in [-0.3, -0.25) is 4.98 Å². The van der Waals surface area contributed by atoms with Crippen molar-refractivity contribution in [3.8, 4) is 0 Å². The van der Waals surface area contributed by atoms with Crippen LogP contribution in [0.15, 0.2) is 53.9 Å². The number of aromatic nitrogens is 1. The Morgan fingerprint density at radius 3 is 3.13 bits per heavy atom. The quantitative estimate of drug-likeness (QED) is 0.668. The van der Waals surface area contributed by atoms with Crippen molar-refractivity contribution in [3.63, 3.8) is 0 Å². The van der Waals surface area contributed by atoms with Crippen molar-refractivity contribution >= 4 is 5.57 Å². The van der Waals surface area contributed by atoms with Gasteiger partial charge in [-0.15, -0.1) is 0 Å². The van der Waals surface area contributed by atoms with Crippen LogP contribution in [0.4, 0.5) is 0 Å². The second-order valence-electron chi connectivity index (χ2n) is 4.01. The van der Waals surface area contributed by atoms with E-state index < -0.39 is 0 Å². The molecule has 1 nitrogen and oxygen atoms in total. The zero-order chi connectivity index (χ0) is 10.1. The van der Waals surface area contributed by atoms with Gasteiger partial charge in [0.2, 0.25) is 0 Å². The fraction of sp³-hybridized carbons (Fsp3) is 0.214. The van der Waals surface area contributed by atoms with Crippen molar-refractivity contribution < 1.29 is 0 Å². The lowest BCUT2D eigenvalue weighted by Gasteiger charge is -2.12. The average molecular weight is 195 g/mol. The summed E-state index contributed by atoms with van der Waals surface area (Å²) in [6.45, 7) is 0. The fourth-order valence-corrected chi connectivity index (χ4v) is 2.36. The highest BCUT2D eigenvalue weighted by molar-refractivity contribution is 5.83. The molecule has 1 heterocycles. The molecule has 0 saturated heterocycles. The number of pyridine rings is 1. The molecule has 15 heavy (non-hydrogen) atoms. The number of hydrogen-bond acceptors (Lipinski definition) is 1. The van der Waals surface area contributed by atoms with E-state index in [0.29, 0.717) is 0 Å². The third-order valence-corrected chi connectivity index (χ3v) is 3.09. The van der Waals surface area contributed by atoms with Crippen LogP contribution in [0.1, 0.15) is 24.8 Å². The molecule has 0 aliphatic heterocycles. The minimum atomic E-state index is 1.09. The van der Waals surface area contributed by atoms with Crippen LogP contribution in [0.3, 0.4) is 0 Å². The number of rotatable bonds is 1. The third-order valence-electron chi connectivity index (χ3n) is 3.09. The largest absolute Gasteiger partial charge is 0.264 e. The van der Waals surface area contributed by atoms with Crippen LogP contribution < -0.4 is 0 Å². The predicted molar refractivity (Wildman–Crippen MR) is 62.2 cm³/mol. The molecule has 1 heteroatoms. The minimum absolute atomic E-state index is 1.09. The highest BCUT2D eigenvalue weighted by Crippen LogP contribution is 2.38. The van der Waals surface area contributed by atoms with Crippen molar-refractivity contribution in [1.29, 1.82) is 0 Å². The van der Waals surface area contributed by atoms with Gasteiger partial charge in [0.15, 0.2) is 0 Å². The average Bonchev–Trinajstić information content (AvgIpc) is 2.74. The van der Waals surface area contributed by atoms with Crippen LogP contribution in [0.5, 0.6) is 0 Å². The van der Waals surface area contributed by atoms with E-state index in [2.05, 4.69) is 29.3 Å². The molecule has 0 atom stereocenters. The van der Waals surface area contributed by atoms with Gasteiger partial charge in [0.1, 0.15) is 0 Å². The van der Waals surface area contributed by atoms with Crippen molar-refractivity contribution in [2.75, 3.05) is 0 Å². The summed E-state index contributed by atoms with van der Waals surface area (Å²) in [5, 5.41) is 0. The summed E-state index contributed by atoms with van der Waals surface area (Å²) < 4.78 is 0. The molecule has 1 aromatic heterocycles. The normalized spacial score (nSPS) is 19.1. The first-order valence-corrected chi connectivity index (χ1v) is 5.44. The van der Waals surface area contributed by atoms with E-state index in [0.717, 1.165) is 6.42 Å². The first kappa shape index (κ1) is 8.66. The Kier molecular flexibility index (Phi) is 2.02. The van der Waals surface area contributed by atoms with Crippen molar-refractivity contribution in [2.24, 2.45) is 0 Å². The Morgan fingerprint density at radius 2 is 2.27 bits per heavy atom. The van der Waals surface area contributed by atoms with Gasteiger partial charge in [-0.05, 0) is 47.6 Å². The van der Waals surface area contributed by atoms with Crippen LogP contribution in [-0.4, -0.2) is 4.98 Å². The van der Waals surface area contributed by atoms with Crippen LogP contribution >= 0.6 is 0 Å². The summed E-state index contributed by atoms with van der Waals surface area (Å²) in [4.78, 5) is 4.19. The summed E-state index contributed by atoms with van der Waals surface area (Å²) in [6, 6.07) is 4.15. The Hall–Kier alpha value is -1.63. The highest BCUT2D eigenvalue weighted by Gasteiger charge is 2.18. The van der Waals surface area contributed by atoms with Gasteiger partial charge >= 0.3 is 0 Å². The lowest BCUT2D eigenvalue weighted by Crippen LogP contribution is -1.93. The van der Waals surface area contributed by atoms with E-state index in [9.17, 15) is 0 Å². The van der Waals surface area contributed by atoms with Gasteiger partial charge in [-0.2, -0.15) is 0 Å². The van der Waals surface area contributed by atoms with Crippen LogP contribution in [0, 0.1) is 0 Å². The molecule has 0 saturated carbocycles.